The quantitative estimate of drug-likeness (QED) is 0.806. The minimum absolute atomic E-state index is 0.0324. The van der Waals surface area contributed by atoms with Gasteiger partial charge in [0.25, 0.3) is 0 Å². The lowest BCUT2D eigenvalue weighted by molar-refractivity contribution is -0.00475. The number of hydrogen-bond donors (Lipinski definition) is 2. The third kappa shape index (κ3) is 4.03. The zero-order valence-electron chi connectivity index (χ0n) is 12.6. The topological polar surface area (TPSA) is 81.4 Å². The van der Waals surface area contributed by atoms with E-state index in [1.54, 1.807) is 18.2 Å². The molecule has 0 radical (unpaired) electrons. The Kier molecular flexibility index (Phi) is 5.37. The Hall–Kier alpha value is -0.950. The van der Waals surface area contributed by atoms with Crippen LogP contribution in [0.25, 0.3) is 0 Å². The van der Waals surface area contributed by atoms with Crippen LogP contribution in [0.1, 0.15) is 44.7 Å². The summed E-state index contributed by atoms with van der Waals surface area (Å²) < 4.78 is 32.9. The lowest BCUT2D eigenvalue weighted by Gasteiger charge is -2.35. The van der Waals surface area contributed by atoms with Crippen molar-refractivity contribution in [1.82, 2.24) is 4.72 Å². The summed E-state index contributed by atoms with van der Waals surface area (Å²) in [7, 11) is -3.48. The van der Waals surface area contributed by atoms with Gasteiger partial charge < -0.3 is 10.5 Å². The monoisotopic (exact) mass is 312 g/mol. The number of sulfonamides is 1. The molecule has 2 rings (SSSR count). The normalized spacial score (nSPS) is 23.6. The number of ether oxygens (including phenoxy) is 1. The maximum Gasteiger partial charge on any atom is 0.240 e. The molecular formula is C15H24N2O3S. The molecule has 1 aliphatic rings. The average molecular weight is 312 g/mol. The molecule has 0 saturated heterocycles. The fourth-order valence-electron chi connectivity index (χ4n) is 2.47. The van der Waals surface area contributed by atoms with Crippen molar-refractivity contribution in [3.8, 4) is 0 Å². The summed E-state index contributed by atoms with van der Waals surface area (Å²) in [4.78, 5) is 0.281. The predicted molar refractivity (Wildman–Crippen MR) is 82.4 cm³/mol. The number of hydrogen-bond acceptors (Lipinski definition) is 4. The van der Waals surface area contributed by atoms with Crippen LogP contribution in [0.2, 0.25) is 0 Å². The van der Waals surface area contributed by atoms with Crippen molar-refractivity contribution in [3.63, 3.8) is 0 Å². The fraction of sp³-hybridized carbons (Fsp3) is 0.600. The number of nitrogens with two attached hydrogens (primary N) is 1. The molecule has 1 aromatic rings. The first-order valence-corrected chi connectivity index (χ1v) is 8.94. The summed E-state index contributed by atoms with van der Waals surface area (Å²) in [6.07, 6.45) is 2.43. The van der Waals surface area contributed by atoms with Gasteiger partial charge in [-0.3, -0.25) is 0 Å². The second-order valence-corrected chi connectivity index (χ2v) is 7.17. The van der Waals surface area contributed by atoms with Gasteiger partial charge in [0.05, 0.1) is 11.0 Å². The van der Waals surface area contributed by atoms with E-state index >= 15 is 0 Å². The van der Waals surface area contributed by atoms with Crippen LogP contribution in [0.4, 0.5) is 0 Å². The van der Waals surface area contributed by atoms with Gasteiger partial charge in [-0.1, -0.05) is 19.1 Å². The summed E-state index contributed by atoms with van der Waals surface area (Å²) in [5, 5.41) is 0. The van der Waals surface area contributed by atoms with E-state index in [0.29, 0.717) is 6.61 Å². The zero-order valence-corrected chi connectivity index (χ0v) is 13.4. The van der Waals surface area contributed by atoms with E-state index in [1.807, 2.05) is 19.9 Å². The summed E-state index contributed by atoms with van der Waals surface area (Å²) in [6.45, 7) is 4.59. The maximum absolute atomic E-state index is 12.4. The molecular weight excluding hydrogens is 288 g/mol. The van der Waals surface area contributed by atoms with Crippen molar-refractivity contribution >= 4 is 10.0 Å². The largest absolute Gasteiger partial charge is 0.378 e. The van der Waals surface area contributed by atoms with E-state index in [0.717, 1.165) is 24.8 Å². The fourth-order valence-corrected chi connectivity index (χ4v) is 3.79. The van der Waals surface area contributed by atoms with E-state index < -0.39 is 10.0 Å². The Balaban J connectivity index is 2.03. The van der Waals surface area contributed by atoms with Gasteiger partial charge in [0, 0.05) is 18.7 Å². The van der Waals surface area contributed by atoms with Crippen LogP contribution in [0.15, 0.2) is 29.2 Å². The van der Waals surface area contributed by atoms with Crippen molar-refractivity contribution < 1.29 is 13.2 Å². The molecule has 118 valence electrons. The molecule has 0 aliphatic heterocycles. The van der Waals surface area contributed by atoms with E-state index in [-0.39, 0.29) is 23.1 Å². The van der Waals surface area contributed by atoms with Crippen molar-refractivity contribution in [3.05, 3.63) is 29.8 Å². The lowest BCUT2D eigenvalue weighted by atomic mass is 9.90. The Morgan fingerprint density at radius 3 is 2.71 bits per heavy atom. The van der Waals surface area contributed by atoms with Gasteiger partial charge in [-0.25, -0.2) is 13.1 Å². The lowest BCUT2D eigenvalue weighted by Crippen LogP contribution is -2.47. The highest BCUT2D eigenvalue weighted by Gasteiger charge is 2.33. The molecule has 6 heteroatoms. The average Bonchev–Trinajstić information content (AvgIpc) is 2.44. The van der Waals surface area contributed by atoms with E-state index in [1.165, 1.54) is 0 Å². The first-order chi connectivity index (χ1) is 9.96. The minimum Gasteiger partial charge on any atom is -0.378 e. The Morgan fingerprint density at radius 2 is 2.10 bits per heavy atom. The van der Waals surface area contributed by atoms with Gasteiger partial charge in [0.15, 0.2) is 0 Å². The molecule has 0 heterocycles. The van der Waals surface area contributed by atoms with Gasteiger partial charge in [-0.2, -0.15) is 0 Å². The standard InChI is InChI=1S/C15H24N2O3S/c1-3-15(16)11-6-5-7-14(8-11)21(18,19)17-12-9-13(10-12)20-4-2/h5-8,12-13,15,17H,3-4,9-10,16H2,1-2H3. The minimum atomic E-state index is -3.48. The number of rotatable bonds is 7. The Morgan fingerprint density at radius 1 is 1.38 bits per heavy atom. The molecule has 1 atom stereocenters. The number of benzene rings is 1. The summed E-state index contributed by atoms with van der Waals surface area (Å²) in [6, 6.07) is 6.70. The van der Waals surface area contributed by atoms with Crippen molar-refractivity contribution in [2.24, 2.45) is 5.73 Å². The van der Waals surface area contributed by atoms with Crippen LogP contribution in [0, 0.1) is 0 Å². The molecule has 0 bridgehead atoms. The Bertz CT molecular complexity index is 568. The van der Waals surface area contributed by atoms with Gasteiger partial charge in [0.1, 0.15) is 0 Å². The summed E-state index contributed by atoms with van der Waals surface area (Å²) >= 11 is 0. The van der Waals surface area contributed by atoms with Crippen LogP contribution in [0.5, 0.6) is 0 Å². The molecule has 0 amide bonds. The SMILES string of the molecule is CCOC1CC(NS(=O)(=O)c2cccc(C(N)CC)c2)C1. The second-order valence-electron chi connectivity index (χ2n) is 5.45. The van der Waals surface area contributed by atoms with Crippen molar-refractivity contribution in [2.75, 3.05) is 6.61 Å². The van der Waals surface area contributed by atoms with Crippen LogP contribution < -0.4 is 10.5 Å². The smallest absolute Gasteiger partial charge is 0.240 e. The van der Waals surface area contributed by atoms with Crippen LogP contribution >= 0.6 is 0 Å². The summed E-state index contributed by atoms with van der Waals surface area (Å²) in [5.74, 6) is 0. The molecule has 3 N–H and O–H groups in total. The molecule has 1 aromatic carbocycles. The van der Waals surface area contributed by atoms with Gasteiger partial charge in [-0.05, 0) is 43.9 Å². The second kappa shape index (κ2) is 6.87. The summed E-state index contributed by atoms with van der Waals surface area (Å²) in [5.41, 5.74) is 6.81. The first-order valence-electron chi connectivity index (χ1n) is 7.45. The van der Waals surface area contributed by atoms with Gasteiger partial charge in [0.2, 0.25) is 10.0 Å². The first kappa shape index (κ1) is 16.4. The Labute approximate surface area is 126 Å². The van der Waals surface area contributed by atoms with Crippen LogP contribution in [-0.2, 0) is 14.8 Å². The molecule has 1 fully saturated rings. The highest BCUT2D eigenvalue weighted by Crippen LogP contribution is 2.25. The van der Waals surface area contributed by atoms with Gasteiger partial charge >= 0.3 is 0 Å². The van der Waals surface area contributed by atoms with E-state index in [4.69, 9.17) is 10.5 Å². The third-order valence-corrected chi connectivity index (χ3v) is 5.37. The highest BCUT2D eigenvalue weighted by molar-refractivity contribution is 7.89. The third-order valence-electron chi connectivity index (χ3n) is 3.86. The van der Waals surface area contributed by atoms with E-state index in [2.05, 4.69) is 4.72 Å². The van der Waals surface area contributed by atoms with E-state index in [9.17, 15) is 8.42 Å². The number of nitrogens with one attached hydrogen (secondary N) is 1. The zero-order chi connectivity index (χ0) is 15.5. The highest BCUT2D eigenvalue weighted by atomic mass is 32.2. The maximum atomic E-state index is 12.4. The molecule has 5 nitrogen and oxygen atoms in total. The molecule has 1 unspecified atom stereocenters. The molecule has 0 aromatic heterocycles. The predicted octanol–water partition coefficient (Wildman–Crippen LogP) is 1.94. The molecule has 1 aliphatic carbocycles. The van der Waals surface area contributed by atoms with Crippen molar-refractivity contribution in [2.45, 2.75) is 56.2 Å². The molecule has 1 saturated carbocycles. The molecule has 0 spiro atoms. The van der Waals surface area contributed by atoms with Crippen LogP contribution in [-0.4, -0.2) is 27.2 Å². The van der Waals surface area contributed by atoms with Gasteiger partial charge in [-0.15, -0.1) is 0 Å². The molecule has 21 heavy (non-hydrogen) atoms. The van der Waals surface area contributed by atoms with Crippen LogP contribution in [0.3, 0.4) is 0 Å². The van der Waals surface area contributed by atoms with Crippen molar-refractivity contribution in [1.29, 1.82) is 0 Å².